The molecule has 1 aliphatic carbocycles. The van der Waals surface area contributed by atoms with Gasteiger partial charge in [0.1, 0.15) is 29.2 Å². The topological polar surface area (TPSA) is 26.0 Å². The van der Waals surface area contributed by atoms with Gasteiger partial charge in [-0.3, -0.25) is 0 Å². The lowest BCUT2D eigenvalue weighted by atomic mass is 9.86. The van der Waals surface area contributed by atoms with E-state index in [1.807, 2.05) is 0 Å². The van der Waals surface area contributed by atoms with E-state index >= 15 is 0 Å². The molecule has 0 saturated heterocycles. The van der Waals surface area contributed by atoms with Crippen LogP contribution in [-0.2, 0) is 6.42 Å². The van der Waals surface area contributed by atoms with Gasteiger partial charge >= 0.3 is 0 Å². The van der Waals surface area contributed by atoms with E-state index in [0.29, 0.717) is 28.7 Å². The second kappa shape index (κ2) is 9.53. The number of nitrogens with two attached hydrogens (primary N) is 1. The number of hydrogen-bond donors (Lipinski definition) is 1. The van der Waals surface area contributed by atoms with Crippen LogP contribution >= 0.6 is 0 Å². The average Bonchev–Trinajstić information content (AvgIpc) is 2.72. The van der Waals surface area contributed by atoms with E-state index < -0.39 is 29.2 Å². The van der Waals surface area contributed by atoms with E-state index in [-0.39, 0.29) is 5.56 Å². The zero-order valence-electron chi connectivity index (χ0n) is 17.6. The summed E-state index contributed by atoms with van der Waals surface area (Å²) in [5.74, 6) is 3.21. The molecule has 0 heterocycles. The van der Waals surface area contributed by atoms with Crippen LogP contribution < -0.4 is 5.73 Å². The Morgan fingerprint density at radius 3 is 2.23 bits per heavy atom. The van der Waals surface area contributed by atoms with Gasteiger partial charge in [0.05, 0.1) is 5.56 Å². The Balaban J connectivity index is 1.78. The van der Waals surface area contributed by atoms with Crippen LogP contribution in [0.15, 0.2) is 54.4 Å². The van der Waals surface area contributed by atoms with Crippen molar-refractivity contribution in [3.63, 3.8) is 0 Å². The fourth-order valence-corrected chi connectivity index (χ4v) is 3.33. The van der Waals surface area contributed by atoms with Gasteiger partial charge in [0.2, 0.25) is 0 Å². The van der Waals surface area contributed by atoms with Gasteiger partial charge in [0, 0.05) is 5.56 Å². The zero-order valence-corrected chi connectivity index (χ0v) is 17.6. The van der Waals surface area contributed by atoms with Crippen molar-refractivity contribution in [3.05, 3.63) is 88.3 Å². The zero-order chi connectivity index (χ0) is 22.6. The van der Waals surface area contributed by atoms with Crippen LogP contribution in [0, 0.1) is 23.5 Å². The Bertz CT molecular complexity index is 1050. The minimum Gasteiger partial charge on any atom is -0.317 e. The van der Waals surface area contributed by atoms with Crippen LogP contribution in [0.1, 0.15) is 55.4 Å². The van der Waals surface area contributed by atoms with Crippen LogP contribution in [0.25, 0.3) is 5.57 Å². The molecule has 2 atom stereocenters. The van der Waals surface area contributed by atoms with Crippen molar-refractivity contribution in [3.8, 4) is 11.8 Å². The van der Waals surface area contributed by atoms with E-state index in [4.69, 9.17) is 5.73 Å². The third kappa shape index (κ3) is 5.26. The van der Waals surface area contributed by atoms with Crippen LogP contribution in [0.4, 0.5) is 17.6 Å². The molecule has 1 aliphatic rings. The van der Waals surface area contributed by atoms with E-state index in [9.17, 15) is 17.6 Å². The maximum Gasteiger partial charge on any atom is 0.143 e. The molecule has 2 aromatic carbocycles. The van der Waals surface area contributed by atoms with Crippen LogP contribution in [0.3, 0.4) is 0 Å². The molecule has 31 heavy (non-hydrogen) atoms. The van der Waals surface area contributed by atoms with E-state index in [1.165, 1.54) is 31.2 Å². The van der Waals surface area contributed by atoms with Crippen molar-refractivity contribution in [2.75, 3.05) is 0 Å². The standard InChI is InChI=1S/C26H25F4N/c1-3-4-5-6-18-13-22(27)21(23(28)14-18)12-9-17-7-10-19(11-8-17)20-15-24(29)26(2,31)25(30)16-20/h7-8,10-11,13-16,24H,3-6,31H2,1-2H3. The first-order valence-corrected chi connectivity index (χ1v) is 10.3. The number of halogens is 4. The third-order valence-electron chi connectivity index (χ3n) is 5.42. The second-order valence-electron chi connectivity index (χ2n) is 8.02. The van der Waals surface area contributed by atoms with E-state index in [0.717, 1.165) is 19.3 Å². The molecule has 0 bridgehead atoms. The first kappa shape index (κ1) is 22.8. The summed E-state index contributed by atoms with van der Waals surface area (Å²) >= 11 is 0. The van der Waals surface area contributed by atoms with E-state index in [1.54, 1.807) is 24.3 Å². The molecule has 0 fully saturated rings. The van der Waals surface area contributed by atoms with Crippen LogP contribution in [0.5, 0.6) is 0 Å². The summed E-state index contributed by atoms with van der Waals surface area (Å²) in [6.07, 6.45) is 4.40. The Kier molecular flexibility index (Phi) is 7.02. The number of rotatable bonds is 5. The second-order valence-corrected chi connectivity index (χ2v) is 8.02. The largest absolute Gasteiger partial charge is 0.317 e. The molecule has 2 unspecified atom stereocenters. The molecule has 0 aliphatic heterocycles. The number of unbranched alkanes of at least 4 members (excludes halogenated alkanes) is 2. The molecule has 0 radical (unpaired) electrons. The fourth-order valence-electron chi connectivity index (χ4n) is 3.33. The molecule has 2 aromatic rings. The molecule has 5 heteroatoms. The predicted molar refractivity (Wildman–Crippen MR) is 117 cm³/mol. The van der Waals surface area contributed by atoms with Crippen molar-refractivity contribution in [1.29, 1.82) is 0 Å². The van der Waals surface area contributed by atoms with Gasteiger partial charge in [0.15, 0.2) is 0 Å². The lowest BCUT2D eigenvalue weighted by molar-refractivity contribution is 0.251. The molecule has 3 rings (SSSR count). The summed E-state index contributed by atoms with van der Waals surface area (Å²) < 4.78 is 56.9. The van der Waals surface area contributed by atoms with Crippen molar-refractivity contribution < 1.29 is 17.6 Å². The smallest absolute Gasteiger partial charge is 0.143 e. The number of alkyl halides is 1. The van der Waals surface area contributed by atoms with Crippen molar-refractivity contribution >= 4 is 5.57 Å². The summed E-state index contributed by atoms with van der Waals surface area (Å²) in [4.78, 5) is 0. The molecule has 0 aromatic heterocycles. The lowest BCUT2D eigenvalue weighted by Gasteiger charge is -2.29. The number of benzene rings is 2. The summed E-state index contributed by atoms with van der Waals surface area (Å²) in [6.45, 7) is 3.37. The van der Waals surface area contributed by atoms with E-state index in [2.05, 4.69) is 18.8 Å². The average molecular weight is 427 g/mol. The lowest BCUT2D eigenvalue weighted by Crippen LogP contribution is -2.47. The van der Waals surface area contributed by atoms with Gasteiger partial charge in [-0.15, -0.1) is 0 Å². The first-order valence-electron chi connectivity index (χ1n) is 10.3. The molecular formula is C26H25F4N. The SMILES string of the molecule is CCCCCc1cc(F)c(C#Cc2ccc(C3=CC(F)C(C)(N)C(F)=C3)cc2)c(F)c1. The van der Waals surface area contributed by atoms with Gasteiger partial charge in [-0.1, -0.05) is 43.7 Å². The summed E-state index contributed by atoms with van der Waals surface area (Å²) in [7, 11) is 0. The van der Waals surface area contributed by atoms with Gasteiger partial charge in [0.25, 0.3) is 0 Å². The Labute approximate surface area is 180 Å². The Morgan fingerprint density at radius 2 is 1.65 bits per heavy atom. The maximum absolute atomic E-state index is 14.3. The quantitative estimate of drug-likeness (QED) is 0.333. The number of hydrogen-bond acceptors (Lipinski definition) is 1. The summed E-state index contributed by atoms with van der Waals surface area (Å²) in [5, 5.41) is 0. The molecule has 0 saturated carbocycles. The highest BCUT2D eigenvalue weighted by Crippen LogP contribution is 2.33. The number of aryl methyl sites for hydroxylation is 1. The van der Waals surface area contributed by atoms with Gasteiger partial charge in [-0.2, -0.15) is 0 Å². The van der Waals surface area contributed by atoms with Gasteiger partial charge in [-0.25, -0.2) is 17.6 Å². The molecule has 2 N–H and O–H groups in total. The fraction of sp³-hybridized carbons (Fsp3) is 0.308. The normalized spacial score (nSPS) is 20.5. The molecule has 1 nitrogen and oxygen atoms in total. The highest BCUT2D eigenvalue weighted by molar-refractivity contribution is 5.77. The highest BCUT2D eigenvalue weighted by Gasteiger charge is 2.36. The summed E-state index contributed by atoms with van der Waals surface area (Å²) in [6, 6.07) is 9.23. The monoisotopic (exact) mass is 427 g/mol. The minimum atomic E-state index is -1.67. The molecule has 0 amide bonds. The summed E-state index contributed by atoms with van der Waals surface area (Å²) in [5.41, 5.74) is 5.82. The van der Waals surface area contributed by atoms with Crippen LogP contribution in [0.2, 0.25) is 0 Å². The minimum absolute atomic E-state index is 0.272. The van der Waals surface area contributed by atoms with Gasteiger partial charge in [-0.05, 0) is 72.9 Å². The first-order chi connectivity index (χ1) is 14.7. The third-order valence-corrected chi connectivity index (χ3v) is 5.42. The Hall–Kier alpha value is -2.84. The molecule has 0 spiro atoms. The van der Waals surface area contributed by atoms with Crippen molar-refractivity contribution in [2.24, 2.45) is 5.73 Å². The Morgan fingerprint density at radius 1 is 1.00 bits per heavy atom. The van der Waals surface area contributed by atoms with Crippen molar-refractivity contribution in [1.82, 2.24) is 0 Å². The highest BCUT2D eigenvalue weighted by atomic mass is 19.1. The molecular weight excluding hydrogens is 402 g/mol. The van der Waals surface area contributed by atoms with Crippen LogP contribution in [-0.4, -0.2) is 11.7 Å². The van der Waals surface area contributed by atoms with Crippen molar-refractivity contribution in [2.45, 2.75) is 51.2 Å². The number of allylic oxidation sites excluding steroid dienone is 2. The maximum atomic E-state index is 14.3. The molecule has 162 valence electrons. The van der Waals surface area contributed by atoms with Gasteiger partial charge < -0.3 is 5.73 Å². The predicted octanol–water partition coefficient (Wildman–Crippen LogP) is 6.40.